The van der Waals surface area contributed by atoms with Crippen molar-refractivity contribution in [3.05, 3.63) is 70.0 Å². The molecule has 4 aromatic rings. The Labute approximate surface area is 367 Å². The molecule has 0 bridgehead atoms. The van der Waals surface area contributed by atoms with Gasteiger partial charge >= 0.3 is 12.2 Å². The summed E-state index contributed by atoms with van der Waals surface area (Å²) in [6.45, 7) is 22.6. The summed E-state index contributed by atoms with van der Waals surface area (Å²) in [6, 6.07) is 12.1. The molecule has 6 heterocycles. The maximum absolute atomic E-state index is 13.3. The first-order valence-electron chi connectivity index (χ1n) is 23.2. The maximum atomic E-state index is 13.3. The smallest absolute Gasteiger partial charge is 0.410 e. The Bertz CT molecular complexity index is 2330. The van der Waals surface area contributed by atoms with Crippen molar-refractivity contribution in [1.29, 1.82) is 0 Å². The molecule has 4 aliphatic heterocycles. The summed E-state index contributed by atoms with van der Waals surface area (Å²) < 4.78 is 13.7. The molecule has 0 radical (unpaired) electrons. The Kier molecular flexibility index (Phi) is 12.2. The highest BCUT2D eigenvalue weighted by molar-refractivity contribution is 6.00. The van der Waals surface area contributed by atoms with Crippen molar-refractivity contribution in [3.63, 3.8) is 0 Å². The minimum Gasteiger partial charge on any atom is -0.444 e. The van der Waals surface area contributed by atoms with Crippen molar-refractivity contribution in [2.75, 3.05) is 39.3 Å². The summed E-state index contributed by atoms with van der Waals surface area (Å²) in [5, 5.41) is 2.15. The third-order valence-electron chi connectivity index (χ3n) is 13.3. The Morgan fingerprint density at radius 3 is 1.65 bits per heavy atom. The molecule has 5 aliphatic rings. The molecule has 62 heavy (non-hydrogen) atoms. The fourth-order valence-electron chi connectivity index (χ4n) is 9.45. The molecule has 12 nitrogen and oxygen atoms in total. The van der Waals surface area contributed by atoms with Gasteiger partial charge in [0.2, 0.25) is 0 Å². The van der Waals surface area contributed by atoms with Crippen LogP contribution in [0.5, 0.6) is 0 Å². The molecule has 0 spiro atoms. The zero-order valence-electron chi connectivity index (χ0n) is 38.4. The van der Waals surface area contributed by atoms with E-state index in [0.29, 0.717) is 38.0 Å². The van der Waals surface area contributed by atoms with Crippen LogP contribution >= 0.6 is 0 Å². The molecule has 2 saturated heterocycles. The Morgan fingerprint density at radius 2 is 1.11 bits per heavy atom. The van der Waals surface area contributed by atoms with E-state index in [4.69, 9.17) is 9.47 Å². The van der Waals surface area contributed by atoms with E-state index >= 15 is 0 Å². The fraction of sp³-hybridized carbons (Fsp3) is 0.600. The molecule has 3 fully saturated rings. The average molecular weight is 849 g/mol. The molecule has 4 amide bonds. The Balaban J connectivity index is 0.000000172. The zero-order chi connectivity index (χ0) is 44.1. The van der Waals surface area contributed by atoms with Gasteiger partial charge in [0, 0.05) is 114 Å². The van der Waals surface area contributed by atoms with Gasteiger partial charge in [0.1, 0.15) is 11.2 Å². The number of ether oxygens (including phenoxy) is 2. The van der Waals surface area contributed by atoms with Crippen LogP contribution in [0.1, 0.15) is 137 Å². The SMILES string of the molecule is CC1CCN(C(=O)c2ccc3[nH]c4c(c3c2)CN(C(=O)OC(C)(C)C)CC4)CC1.CC1CCN(C(=O)c2ccc3c(c2)c2c(n3CC3CC3)CCN(C(=O)OC(C)(C)C)C2)CC1. The number of aromatic nitrogens is 2. The highest BCUT2D eigenvalue weighted by Gasteiger charge is 2.33. The molecule has 12 heteroatoms. The van der Waals surface area contributed by atoms with Crippen LogP contribution in [0.2, 0.25) is 0 Å². The molecule has 2 aromatic heterocycles. The predicted octanol–water partition coefficient (Wildman–Crippen LogP) is 9.55. The fourth-order valence-corrected chi connectivity index (χ4v) is 9.45. The highest BCUT2D eigenvalue weighted by Crippen LogP contribution is 2.38. The van der Waals surface area contributed by atoms with Crippen LogP contribution in [0, 0.1) is 17.8 Å². The first kappa shape index (κ1) is 43.6. The van der Waals surface area contributed by atoms with E-state index < -0.39 is 11.2 Å². The minimum atomic E-state index is -0.511. The van der Waals surface area contributed by atoms with E-state index in [-0.39, 0.29) is 24.0 Å². The Hall–Kier alpha value is -5.00. The normalized spacial score (nSPS) is 18.9. The molecule has 1 N–H and O–H groups in total. The lowest BCUT2D eigenvalue weighted by atomic mass is 9.98. The number of carbonyl (C=O) groups is 4. The van der Waals surface area contributed by atoms with Gasteiger partial charge in [0.15, 0.2) is 0 Å². The topological polar surface area (TPSA) is 120 Å². The number of hydrogen-bond acceptors (Lipinski definition) is 6. The maximum Gasteiger partial charge on any atom is 0.410 e. The molecule has 1 saturated carbocycles. The lowest BCUT2D eigenvalue weighted by molar-refractivity contribution is 0.0213. The molecule has 1 aliphatic carbocycles. The van der Waals surface area contributed by atoms with Crippen molar-refractivity contribution in [2.45, 2.75) is 138 Å². The minimum absolute atomic E-state index is 0.105. The summed E-state index contributed by atoms with van der Waals surface area (Å²) in [5.41, 5.74) is 7.44. The van der Waals surface area contributed by atoms with Gasteiger partial charge in [-0.2, -0.15) is 0 Å². The number of rotatable bonds is 4. The molecule has 0 unspecified atom stereocenters. The molecule has 9 rings (SSSR count). The standard InChI is InChI=1S/C27H37N3O3.C23H31N3O3/c1-18-9-12-28(13-10-18)25(31)20-7-8-23-21(15-20)22-17-29(26(32)33-27(2,3)4)14-11-24(22)30(23)16-19-5-6-19;1-15-7-10-25(11-8-15)21(27)16-5-6-19-17(13-16)18-14-26(12-9-20(18)24-19)22(28)29-23(2,3)4/h7-8,15,18-19H,5-6,9-14,16-17H2,1-4H3;5-6,13,15,24H,7-12,14H2,1-4H3. The molecule has 0 atom stereocenters. The van der Waals surface area contributed by atoms with Crippen molar-refractivity contribution in [2.24, 2.45) is 17.8 Å². The zero-order valence-corrected chi connectivity index (χ0v) is 38.4. The van der Waals surface area contributed by atoms with E-state index in [1.54, 1.807) is 4.90 Å². The van der Waals surface area contributed by atoms with E-state index in [9.17, 15) is 19.2 Å². The van der Waals surface area contributed by atoms with Crippen molar-refractivity contribution in [1.82, 2.24) is 29.2 Å². The number of H-pyrrole nitrogens is 1. The van der Waals surface area contributed by atoms with E-state index in [2.05, 4.69) is 35.5 Å². The molecular weight excluding hydrogens is 781 g/mol. The van der Waals surface area contributed by atoms with Gasteiger partial charge in [0.05, 0.1) is 13.1 Å². The molecule has 2 aromatic carbocycles. The quantitative estimate of drug-likeness (QED) is 0.219. The number of aromatic amines is 1. The largest absolute Gasteiger partial charge is 0.444 e. The number of carbonyl (C=O) groups excluding carboxylic acids is 4. The van der Waals surface area contributed by atoms with Crippen LogP contribution in [-0.4, -0.2) is 104 Å². The summed E-state index contributed by atoms with van der Waals surface area (Å²) in [5.74, 6) is 2.38. The first-order chi connectivity index (χ1) is 29.4. The molecular formula is C50H68N6O6. The first-order valence-corrected chi connectivity index (χ1v) is 23.2. The van der Waals surface area contributed by atoms with E-state index in [1.807, 2.05) is 80.5 Å². The number of amides is 4. The predicted molar refractivity (Wildman–Crippen MR) is 242 cm³/mol. The van der Waals surface area contributed by atoms with Crippen molar-refractivity contribution < 1.29 is 28.7 Å². The summed E-state index contributed by atoms with van der Waals surface area (Å²) >= 11 is 0. The highest BCUT2D eigenvalue weighted by atomic mass is 16.6. The number of hydrogen-bond donors (Lipinski definition) is 1. The third-order valence-corrected chi connectivity index (χ3v) is 13.3. The van der Waals surface area contributed by atoms with Crippen LogP contribution in [-0.2, 0) is 41.9 Å². The second kappa shape index (κ2) is 17.3. The second-order valence-corrected chi connectivity index (χ2v) is 20.8. The van der Waals surface area contributed by atoms with Crippen molar-refractivity contribution >= 4 is 45.8 Å². The van der Waals surface area contributed by atoms with E-state index in [0.717, 1.165) is 116 Å². The number of nitrogens with one attached hydrogen (secondary N) is 1. The van der Waals surface area contributed by atoms with Crippen LogP contribution in [0.4, 0.5) is 9.59 Å². The summed E-state index contributed by atoms with van der Waals surface area (Å²) in [4.78, 5) is 62.6. The second-order valence-electron chi connectivity index (χ2n) is 20.8. The molecule has 334 valence electrons. The number of benzene rings is 2. The lowest BCUT2D eigenvalue weighted by Gasteiger charge is -2.31. The number of piperidine rings is 2. The van der Waals surface area contributed by atoms with Crippen LogP contribution in [0.3, 0.4) is 0 Å². The monoisotopic (exact) mass is 849 g/mol. The van der Waals surface area contributed by atoms with Gasteiger partial charge in [-0.15, -0.1) is 0 Å². The number of fused-ring (bicyclic) bond motifs is 6. The van der Waals surface area contributed by atoms with Crippen LogP contribution < -0.4 is 0 Å². The van der Waals surface area contributed by atoms with Gasteiger partial charge < -0.3 is 38.6 Å². The third kappa shape index (κ3) is 9.79. The average Bonchev–Trinajstić information content (AvgIpc) is 3.91. The van der Waals surface area contributed by atoms with Crippen LogP contribution in [0.25, 0.3) is 21.8 Å². The van der Waals surface area contributed by atoms with Crippen molar-refractivity contribution in [3.8, 4) is 0 Å². The number of nitrogens with zero attached hydrogens (tertiary/aromatic N) is 5. The van der Waals surface area contributed by atoms with Gasteiger partial charge in [-0.1, -0.05) is 13.8 Å². The lowest BCUT2D eigenvalue weighted by Crippen LogP contribution is -2.40. The number of likely N-dealkylation sites (tertiary alicyclic amines) is 2. The van der Waals surface area contributed by atoms with Crippen LogP contribution in [0.15, 0.2) is 36.4 Å². The van der Waals surface area contributed by atoms with Gasteiger partial charge in [0.25, 0.3) is 11.8 Å². The summed E-state index contributed by atoms with van der Waals surface area (Å²) in [7, 11) is 0. The van der Waals surface area contributed by atoms with E-state index in [1.165, 1.54) is 29.6 Å². The van der Waals surface area contributed by atoms with Gasteiger partial charge in [-0.3, -0.25) is 9.59 Å². The summed E-state index contributed by atoms with van der Waals surface area (Å²) in [6.07, 6.45) is 7.91. The van der Waals surface area contributed by atoms with Gasteiger partial charge in [-0.25, -0.2) is 9.59 Å². The van der Waals surface area contributed by atoms with Gasteiger partial charge in [-0.05, 0) is 134 Å². The Morgan fingerprint density at radius 1 is 0.613 bits per heavy atom.